The zero-order valence-corrected chi connectivity index (χ0v) is 21.3. The predicted octanol–water partition coefficient (Wildman–Crippen LogP) is 2.62. The summed E-state index contributed by atoms with van der Waals surface area (Å²) in [6, 6.07) is 8.20. The van der Waals surface area contributed by atoms with Crippen LogP contribution in [0, 0.1) is 5.92 Å². The molecule has 2 aromatic rings. The number of carbonyl (C=O) groups is 3. The molecule has 192 valence electrons. The van der Waals surface area contributed by atoms with E-state index in [1.165, 1.54) is 18.6 Å². The summed E-state index contributed by atoms with van der Waals surface area (Å²) < 4.78 is 11.6. The zero-order chi connectivity index (χ0) is 26.1. The first-order valence-electron chi connectivity index (χ1n) is 12.4. The molecule has 1 aromatic carbocycles. The van der Waals surface area contributed by atoms with E-state index in [2.05, 4.69) is 20.6 Å². The molecule has 1 aliphatic heterocycles. The maximum absolute atomic E-state index is 13.7. The molecule has 1 saturated heterocycles. The molecule has 1 aliphatic rings. The van der Waals surface area contributed by atoms with Crippen molar-refractivity contribution < 1.29 is 23.7 Å². The van der Waals surface area contributed by atoms with Gasteiger partial charge in [0.05, 0.1) is 12.2 Å². The molecule has 0 unspecified atom stereocenters. The fourth-order valence-electron chi connectivity index (χ4n) is 4.31. The zero-order valence-electron chi connectivity index (χ0n) is 21.3. The third kappa shape index (κ3) is 8.24. The largest absolute Gasteiger partial charge is 0.531 e. The van der Waals surface area contributed by atoms with Crippen LogP contribution in [0.3, 0.4) is 0 Å². The van der Waals surface area contributed by atoms with E-state index in [-0.39, 0.29) is 35.7 Å². The minimum atomic E-state index is -0.844. The summed E-state index contributed by atoms with van der Waals surface area (Å²) >= 11 is 0. The predicted molar refractivity (Wildman–Crippen MR) is 136 cm³/mol. The van der Waals surface area contributed by atoms with Crippen LogP contribution < -0.4 is 10.6 Å². The number of hydrogen-bond donors (Lipinski definition) is 2. The second kappa shape index (κ2) is 13.3. The average molecular weight is 494 g/mol. The molecule has 1 aromatic heterocycles. The second-order valence-corrected chi connectivity index (χ2v) is 9.79. The molecular formula is C26H35BN4O5. The van der Waals surface area contributed by atoms with Crippen molar-refractivity contribution >= 4 is 24.8 Å². The van der Waals surface area contributed by atoms with E-state index >= 15 is 0 Å². The standard InChI is InChI=1S/C26H35BN4O5/c1-17(2)12-21(27-35-16-18(3)30-19(4)26(34)36-27)14-24(32)22(13-20-8-6-5-7-9-20)31-25(33)23-15-28-10-11-29-23/h5-11,15,17-19,21-22,30H,12-14,16H2,1-4H3,(H,31,33)/t18-,19+,21-,22+/m1/s1. The van der Waals surface area contributed by atoms with Crippen molar-refractivity contribution in [3.8, 4) is 0 Å². The molecule has 0 radical (unpaired) electrons. The highest BCUT2D eigenvalue weighted by molar-refractivity contribution is 6.49. The lowest BCUT2D eigenvalue weighted by atomic mass is 9.64. The number of amides is 1. The second-order valence-electron chi connectivity index (χ2n) is 9.79. The third-order valence-electron chi connectivity index (χ3n) is 6.03. The minimum absolute atomic E-state index is 0.0390. The van der Waals surface area contributed by atoms with Gasteiger partial charge in [-0.05, 0) is 38.2 Å². The Morgan fingerprint density at radius 3 is 2.61 bits per heavy atom. The summed E-state index contributed by atoms with van der Waals surface area (Å²) in [4.78, 5) is 47.0. The molecule has 2 heterocycles. The SMILES string of the molecule is CC(C)C[C@H](CC(=O)[C@H](Cc1ccccc1)NC(=O)c1cnccn1)B1OC[C@@H](C)N[C@@H](C)C(=O)O1. The maximum atomic E-state index is 13.7. The number of ketones is 1. The first kappa shape index (κ1) is 27.5. The van der Waals surface area contributed by atoms with Gasteiger partial charge in [-0.1, -0.05) is 44.2 Å². The lowest BCUT2D eigenvalue weighted by Crippen LogP contribution is -2.50. The van der Waals surface area contributed by atoms with E-state index in [9.17, 15) is 14.4 Å². The van der Waals surface area contributed by atoms with E-state index in [0.717, 1.165) is 5.56 Å². The third-order valence-corrected chi connectivity index (χ3v) is 6.03. The number of rotatable bonds is 10. The topological polar surface area (TPSA) is 120 Å². The molecule has 9 nitrogen and oxygen atoms in total. The molecule has 0 saturated carbocycles. The Kier molecular flexibility index (Phi) is 10.1. The van der Waals surface area contributed by atoms with Crippen LogP contribution in [0.15, 0.2) is 48.9 Å². The van der Waals surface area contributed by atoms with Crippen molar-refractivity contribution in [3.63, 3.8) is 0 Å². The number of aromatic nitrogens is 2. The van der Waals surface area contributed by atoms with Crippen molar-refractivity contribution in [2.24, 2.45) is 5.92 Å². The lowest BCUT2D eigenvalue weighted by Gasteiger charge is -2.31. The molecule has 3 rings (SSSR count). The summed E-state index contributed by atoms with van der Waals surface area (Å²) in [6.45, 7) is 8.13. The Balaban J connectivity index is 1.81. The summed E-state index contributed by atoms with van der Waals surface area (Å²) in [7, 11) is -0.844. The Hall–Kier alpha value is -3.11. The Bertz CT molecular complexity index is 1010. The number of nitrogens with one attached hydrogen (secondary N) is 2. The molecular weight excluding hydrogens is 459 g/mol. The highest BCUT2D eigenvalue weighted by atomic mass is 16.6. The minimum Gasteiger partial charge on any atom is -0.508 e. The molecule has 0 bridgehead atoms. The number of hydrogen-bond acceptors (Lipinski definition) is 8. The van der Waals surface area contributed by atoms with Gasteiger partial charge in [0, 0.05) is 37.3 Å². The van der Waals surface area contributed by atoms with Crippen molar-refractivity contribution in [3.05, 3.63) is 60.2 Å². The van der Waals surface area contributed by atoms with Gasteiger partial charge < -0.3 is 14.6 Å². The number of Topliss-reactive ketones (excluding diaryl/α,β-unsaturated/α-hetero) is 1. The van der Waals surface area contributed by atoms with E-state index in [0.29, 0.717) is 19.4 Å². The highest BCUT2D eigenvalue weighted by Crippen LogP contribution is 2.28. The summed E-state index contributed by atoms with van der Waals surface area (Å²) in [5.41, 5.74) is 1.05. The summed E-state index contributed by atoms with van der Waals surface area (Å²) in [5.74, 6) is -1.16. The van der Waals surface area contributed by atoms with Gasteiger partial charge in [-0.3, -0.25) is 24.7 Å². The normalized spacial score (nSPS) is 20.1. The fourth-order valence-corrected chi connectivity index (χ4v) is 4.31. The van der Waals surface area contributed by atoms with Gasteiger partial charge in [0.15, 0.2) is 5.78 Å². The maximum Gasteiger partial charge on any atom is 0.531 e. The molecule has 0 spiro atoms. The first-order valence-corrected chi connectivity index (χ1v) is 12.4. The van der Waals surface area contributed by atoms with Crippen LogP contribution in [0.5, 0.6) is 0 Å². The molecule has 10 heteroatoms. The Labute approximate surface area is 212 Å². The van der Waals surface area contributed by atoms with Crippen molar-refractivity contribution in [2.45, 2.75) is 70.9 Å². The van der Waals surface area contributed by atoms with E-state index in [1.54, 1.807) is 6.92 Å². The van der Waals surface area contributed by atoms with Gasteiger partial charge in [0.1, 0.15) is 11.7 Å². The van der Waals surface area contributed by atoms with Crippen LogP contribution in [0.25, 0.3) is 0 Å². The van der Waals surface area contributed by atoms with Crippen molar-refractivity contribution in [1.29, 1.82) is 0 Å². The van der Waals surface area contributed by atoms with Gasteiger partial charge >= 0.3 is 13.1 Å². The van der Waals surface area contributed by atoms with Crippen LogP contribution in [0.2, 0.25) is 5.82 Å². The van der Waals surface area contributed by atoms with Crippen molar-refractivity contribution in [1.82, 2.24) is 20.6 Å². The Morgan fingerprint density at radius 2 is 1.94 bits per heavy atom. The van der Waals surface area contributed by atoms with E-state index in [4.69, 9.17) is 9.31 Å². The lowest BCUT2D eigenvalue weighted by molar-refractivity contribution is -0.139. The molecule has 0 aliphatic carbocycles. The first-order chi connectivity index (χ1) is 17.2. The average Bonchev–Trinajstić information content (AvgIpc) is 2.85. The molecule has 36 heavy (non-hydrogen) atoms. The van der Waals surface area contributed by atoms with Gasteiger partial charge in [0.2, 0.25) is 0 Å². The number of benzene rings is 1. The fraction of sp³-hybridized carbons (Fsp3) is 0.500. The monoisotopic (exact) mass is 494 g/mol. The van der Waals surface area contributed by atoms with E-state index in [1.807, 2.05) is 51.1 Å². The quantitative estimate of drug-likeness (QED) is 0.484. The van der Waals surface area contributed by atoms with Gasteiger partial charge in [0.25, 0.3) is 5.91 Å². The molecule has 1 fully saturated rings. The van der Waals surface area contributed by atoms with Crippen LogP contribution in [0.1, 0.15) is 56.6 Å². The van der Waals surface area contributed by atoms with Crippen LogP contribution in [-0.2, 0) is 25.3 Å². The molecule has 4 atom stereocenters. The van der Waals surface area contributed by atoms with Gasteiger partial charge in [-0.25, -0.2) is 4.98 Å². The van der Waals surface area contributed by atoms with Crippen molar-refractivity contribution in [2.75, 3.05) is 6.61 Å². The van der Waals surface area contributed by atoms with Gasteiger partial charge in [-0.2, -0.15) is 0 Å². The summed E-state index contributed by atoms with van der Waals surface area (Å²) in [5, 5.41) is 5.97. The Morgan fingerprint density at radius 1 is 1.19 bits per heavy atom. The van der Waals surface area contributed by atoms with Gasteiger partial charge in [-0.15, -0.1) is 0 Å². The van der Waals surface area contributed by atoms with E-state index < -0.39 is 31.1 Å². The number of carbonyl (C=O) groups excluding carboxylic acids is 3. The molecule has 2 N–H and O–H groups in total. The highest BCUT2D eigenvalue weighted by Gasteiger charge is 2.40. The molecule has 1 amide bonds. The summed E-state index contributed by atoms with van der Waals surface area (Å²) in [6.07, 6.45) is 5.30. The van der Waals surface area contributed by atoms with Crippen LogP contribution in [-0.4, -0.2) is 59.5 Å². The number of nitrogens with zero attached hydrogens (tertiary/aromatic N) is 2. The smallest absolute Gasteiger partial charge is 0.508 e. The van der Waals surface area contributed by atoms with Crippen LogP contribution in [0.4, 0.5) is 0 Å². The van der Waals surface area contributed by atoms with Crippen LogP contribution >= 0.6 is 0 Å².